The summed E-state index contributed by atoms with van der Waals surface area (Å²) in [6, 6.07) is 68.5. The molecule has 0 atom stereocenters. The van der Waals surface area contributed by atoms with E-state index in [1.54, 1.807) is 0 Å². The molecule has 0 unspecified atom stereocenters. The van der Waals surface area contributed by atoms with Crippen LogP contribution < -0.4 is 0 Å². The van der Waals surface area contributed by atoms with Crippen LogP contribution in [0.15, 0.2) is 188 Å². The molecule has 0 fully saturated rings. The first-order chi connectivity index (χ1) is 25.3. The Bertz CT molecular complexity index is 3080. The van der Waals surface area contributed by atoms with Gasteiger partial charge in [-0.1, -0.05) is 133 Å². The van der Waals surface area contributed by atoms with Crippen LogP contribution in [-0.2, 0) is 0 Å². The van der Waals surface area contributed by atoms with E-state index in [4.69, 9.17) is 0 Å². The van der Waals surface area contributed by atoms with E-state index in [1.165, 1.54) is 76.5 Å². The van der Waals surface area contributed by atoms with Gasteiger partial charge in [0.1, 0.15) is 0 Å². The SMILES string of the molecule is c1ccc(-c2cccc(-n3c4ccccc4c4ccc(-n5c6ccccc6c6cccc(-n7c8ccccc8c8ccccc87)c65)cc43)c2)cc1. The molecule has 8 aromatic carbocycles. The van der Waals surface area contributed by atoms with E-state index in [0.29, 0.717) is 0 Å². The number of rotatable bonds is 4. The Labute approximate surface area is 294 Å². The molecule has 3 heteroatoms. The predicted octanol–water partition coefficient (Wildman–Crippen LogP) is 12.6. The molecule has 0 radical (unpaired) electrons. The van der Waals surface area contributed by atoms with E-state index in [-0.39, 0.29) is 0 Å². The zero-order valence-corrected chi connectivity index (χ0v) is 27.7. The van der Waals surface area contributed by atoms with Crippen molar-refractivity contribution >= 4 is 65.4 Å². The van der Waals surface area contributed by atoms with Crippen LogP contribution in [0.2, 0.25) is 0 Å². The van der Waals surface area contributed by atoms with E-state index >= 15 is 0 Å². The summed E-state index contributed by atoms with van der Waals surface area (Å²) in [5, 5.41) is 7.49. The standard InChI is InChI=1S/C48H31N3/c1-2-14-32(15-3-1)33-16-12-17-34(30-33)49-42-23-8-4-20-38(42)40-29-28-35(31-47(40)49)50-43-24-9-7-21-39(43)41-22-13-27-46(48(41)50)51-44-25-10-5-18-36(44)37-19-6-11-26-45(37)51/h1-31H. The third kappa shape index (κ3) is 4.06. The molecule has 3 aromatic heterocycles. The van der Waals surface area contributed by atoms with E-state index in [1.807, 2.05) is 0 Å². The lowest BCUT2D eigenvalue weighted by atomic mass is 10.1. The van der Waals surface area contributed by atoms with Gasteiger partial charge in [0.05, 0.1) is 38.8 Å². The second kappa shape index (κ2) is 10.8. The van der Waals surface area contributed by atoms with Crippen molar-refractivity contribution < 1.29 is 0 Å². The highest BCUT2D eigenvalue weighted by molar-refractivity contribution is 6.16. The lowest BCUT2D eigenvalue weighted by Crippen LogP contribution is -2.01. The second-order valence-corrected chi connectivity index (χ2v) is 13.4. The molecular weight excluding hydrogens is 619 g/mol. The molecule has 3 heterocycles. The monoisotopic (exact) mass is 649 g/mol. The Morgan fingerprint density at radius 2 is 0.725 bits per heavy atom. The summed E-state index contributed by atoms with van der Waals surface area (Å²) >= 11 is 0. The Balaban J connectivity index is 1.23. The third-order valence-electron chi connectivity index (χ3n) is 10.6. The zero-order chi connectivity index (χ0) is 33.5. The summed E-state index contributed by atoms with van der Waals surface area (Å²) in [5.41, 5.74) is 13.0. The molecule has 238 valence electrons. The van der Waals surface area contributed by atoms with Crippen LogP contribution in [0.25, 0.3) is 93.6 Å². The molecule has 11 aromatic rings. The fraction of sp³-hybridized carbons (Fsp3) is 0. The average Bonchev–Trinajstić information content (AvgIpc) is 3.84. The van der Waals surface area contributed by atoms with Gasteiger partial charge in [-0.2, -0.15) is 0 Å². The number of hydrogen-bond donors (Lipinski definition) is 0. The minimum Gasteiger partial charge on any atom is -0.309 e. The number of benzene rings is 8. The van der Waals surface area contributed by atoms with E-state index in [0.717, 1.165) is 17.1 Å². The zero-order valence-electron chi connectivity index (χ0n) is 27.7. The summed E-state index contributed by atoms with van der Waals surface area (Å²) in [6.07, 6.45) is 0. The highest BCUT2D eigenvalue weighted by Gasteiger charge is 2.21. The Hall–Kier alpha value is -6.84. The van der Waals surface area contributed by atoms with Gasteiger partial charge in [0, 0.05) is 43.7 Å². The van der Waals surface area contributed by atoms with E-state index in [9.17, 15) is 0 Å². The van der Waals surface area contributed by atoms with Crippen molar-refractivity contribution in [2.45, 2.75) is 0 Å². The van der Waals surface area contributed by atoms with Gasteiger partial charge in [-0.25, -0.2) is 0 Å². The minimum atomic E-state index is 1.13. The predicted molar refractivity (Wildman–Crippen MR) is 215 cm³/mol. The maximum absolute atomic E-state index is 2.48. The van der Waals surface area contributed by atoms with Crippen molar-refractivity contribution in [3.05, 3.63) is 188 Å². The lowest BCUT2D eigenvalue weighted by Gasteiger charge is -2.15. The van der Waals surface area contributed by atoms with Crippen molar-refractivity contribution in [2.24, 2.45) is 0 Å². The fourth-order valence-corrected chi connectivity index (χ4v) is 8.46. The molecule has 3 nitrogen and oxygen atoms in total. The maximum atomic E-state index is 2.48. The summed E-state index contributed by atoms with van der Waals surface area (Å²) in [6.45, 7) is 0. The first-order valence-corrected chi connectivity index (χ1v) is 17.5. The molecule has 0 bridgehead atoms. The van der Waals surface area contributed by atoms with Crippen LogP contribution in [0.3, 0.4) is 0 Å². The van der Waals surface area contributed by atoms with Gasteiger partial charge < -0.3 is 13.7 Å². The van der Waals surface area contributed by atoms with E-state index < -0.39 is 0 Å². The van der Waals surface area contributed by atoms with Crippen molar-refractivity contribution in [2.75, 3.05) is 0 Å². The third-order valence-corrected chi connectivity index (χ3v) is 10.6. The molecule has 11 rings (SSSR count). The van der Waals surface area contributed by atoms with Gasteiger partial charge in [-0.3, -0.25) is 0 Å². The molecule has 0 N–H and O–H groups in total. The number of para-hydroxylation sites is 5. The van der Waals surface area contributed by atoms with Crippen molar-refractivity contribution in [1.82, 2.24) is 13.7 Å². The van der Waals surface area contributed by atoms with Crippen LogP contribution in [0.4, 0.5) is 0 Å². The van der Waals surface area contributed by atoms with Gasteiger partial charge in [0.2, 0.25) is 0 Å². The number of nitrogens with zero attached hydrogens (tertiary/aromatic N) is 3. The number of hydrogen-bond acceptors (Lipinski definition) is 0. The van der Waals surface area contributed by atoms with Gasteiger partial charge in [-0.15, -0.1) is 0 Å². The Morgan fingerprint density at radius 3 is 1.39 bits per heavy atom. The first kappa shape index (κ1) is 28.0. The first-order valence-electron chi connectivity index (χ1n) is 17.5. The smallest absolute Gasteiger partial charge is 0.0782 e. The molecule has 51 heavy (non-hydrogen) atoms. The largest absolute Gasteiger partial charge is 0.309 e. The highest BCUT2D eigenvalue weighted by Crippen LogP contribution is 2.41. The molecule has 0 aliphatic rings. The van der Waals surface area contributed by atoms with Gasteiger partial charge in [0.25, 0.3) is 0 Å². The number of fused-ring (bicyclic) bond motifs is 9. The van der Waals surface area contributed by atoms with Gasteiger partial charge >= 0.3 is 0 Å². The van der Waals surface area contributed by atoms with Crippen LogP contribution in [-0.4, -0.2) is 13.7 Å². The molecule has 0 amide bonds. The lowest BCUT2D eigenvalue weighted by molar-refractivity contribution is 1.13. The van der Waals surface area contributed by atoms with Crippen LogP contribution >= 0.6 is 0 Å². The van der Waals surface area contributed by atoms with Crippen molar-refractivity contribution in [3.63, 3.8) is 0 Å². The molecule has 0 saturated heterocycles. The Kier molecular flexibility index (Phi) is 5.96. The second-order valence-electron chi connectivity index (χ2n) is 13.4. The minimum absolute atomic E-state index is 1.13. The van der Waals surface area contributed by atoms with Crippen molar-refractivity contribution in [3.8, 4) is 28.2 Å². The summed E-state index contributed by atoms with van der Waals surface area (Å²) in [5.74, 6) is 0. The normalized spacial score (nSPS) is 11.9. The topological polar surface area (TPSA) is 14.8 Å². The van der Waals surface area contributed by atoms with Gasteiger partial charge in [0.15, 0.2) is 0 Å². The summed E-state index contributed by atoms with van der Waals surface area (Å²) in [7, 11) is 0. The quantitative estimate of drug-likeness (QED) is 0.180. The molecular formula is C48H31N3. The van der Waals surface area contributed by atoms with E-state index in [2.05, 4.69) is 202 Å². The average molecular weight is 650 g/mol. The molecule has 0 saturated carbocycles. The Morgan fingerprint density at radius 1 is 0.255 bits per heavy atom. The van der Waals surface area contributed by atoms with Crippen LogP contribution in [0.1, 0.15) is 0 Å². The fourth-order valence-electron chi connectivity index (χ4n) is 8.46. The molecule has 0 spiro atoms. The van der Waals surface area contributed by atoms with Crippen LogP contribution in [0, 0.1) is 0 Å². The maximum Gasteiger partial charge on any atom is 0.0782 e. The van der Waals surface area contributed by atoms with Crippen molar-refractivity contribution in [1.29, 1.82) is 0 Å². The van der Waals surface area contributed by atoms with Crippen LogP contribution in [0.5, 0.6) is 0 Å². The highest BCUT2D eigenvalue weighted by atomic mass is 15.1. The summed E-state index contributed by atoms with van der Waals surface area (Å²) < 4.78 is 7.36. The molecule has 0 aliphatic carbocycles. The summed E-state index contributed by atoms with van der Waals surface area (Å²) in [4.78, 5) is 0. The van der Waals surface area contributed by atoms with Gasteiger partial charge in [-0.05, 0) is 65.7 Å². The number of aromatic nitrogens is 3. The molecule has 0 aliphatic heterocycles.